The molecule has 9 nitrogen and oxygen atoms in total. The summed E-state index contributed by atoms with van der Waals surface area (Å²) in [6.07, 6.45) is 9.71. The lowest BCUT2D eigenvalue weighted by atomic mass is 9.96. The molecule has 1 aromatic heterocycles. The van der Waals surface area contributed by atoms with Crippen LogP contribution < -0.4 is 20.3 Å². The van der Waals surface area contributed by atoms with Crippen LogP contribution in [0.2, 0.25) is 5.02 Å². The van der Waals surface area contributed by atoms with Crippen molar-refractivity contribution in [2.75, 3.05) is 50.7 Å². The highest BCUT2D eigenvalue weighted by Gasteiger charge is 2.43. The highest BCUT2D eigenvalue weighted by Crippen LogP contribution is 2.45. The summed E-state index contributed by atoms with van der Waals surface area (Å²) in [6, 6.07) is 7.46. The molecule has 0 radical (unpaired) electrons. The lowest BCUT2D eigenvalue weighted by molar-refractivity contribution is 0.0929. The van der Waals surface area contributed by atoms with E-state index in [1.54, 1.807) is 24.5 Å². The van der Waals surface area contributed by atoms with Crippen molar-refractivity contribution in [3.8, 4) is 11.8 Å². The van der Waals surface area contributed by atoms with Gasteiger partial charge in [0.1, 0.15) is 23.3 Å². The van der Waals surface area contributed by atoms with Crippen molar-refractivity contribution in [1.82, 2.24) is 25.5 Å². The Kier molecular flexibility index (Phi) is 8.38. The van der Waals surface area contributed by atoms with Gasteiger partial charge < -0.3 is 25.2 Å². The third kappa shape index (κ3) is 6.35. The number of nitrogens with zero attached hydrogens (tertiary/aromatic N) is 5. The van der Waals surface area contributed by atoms with E-state index in [0.717, 1.165) is 76.7 Å². The van der Waals surface area contributed by atoms with Crippen molar-refractivity contribution in [3.63, 3.8) is 0 Å². The van der Waals surface area contributed by atoms with E-state index in [1.807, 2.05) is 6.07 Å². The van der Waals surface area contributed by atoms with Crippen molar-refractivity contribution in [2.24, 2.45) is 17.8 Å². The third-order valence-corrected chi connectivity index (χ3v) is 9.52. The van der Waals surface area contributed by atoms with E-state index in [4.69, 9.17) is 21.6 Å². The van der Waals surface area contributed by atoms with E-state index in [9.17, 15) is 4.79 Å². The molecule has 10 heteroatoms. The van der Waals surface area contributed by atoms with Gasteiger partial charge >= 0.3 is 0 Å². The van der Waals surface area contributed by atoms with Gasteiger partial charge in [-0.05, 0) is 68.4 Å². The van der Waals surface area contributed by atoms with E-state index in [0.29, 0.717) is 33.9 Å². The lowest BCUT2D eigenvalue weighted by Crippen LogP contribution is -2.47. The Morgan fingerprint density at radius 2 is 1.82 bits per heavy atom. The molecular weight excluding hydrogens is 526 g/mol. The summed E-state index contributed by atoms with van der Waals surface area (Å²) in [7, 11) is 0. The van der Waals surface area contributed by atoms with Gasteiger partial charge in [-0.25, -0.2) is 9.97 Å². The zero-order valence-corrected chi connectivity index (χ0v) is 23.7. The standard InChI is InChI=1S/C30H38ClN7O2/c31-27-15-25(2-1-21(27)16-32)40-26-13-22-11-24(12-23(22)14-26)36-30(39)28-17-35-29(18-34-28)38-7-3-20(4-8-38)19-37-9-5-33-6-10-37/h1-2,15,17-18,20,22-24,26,33H,3-14,19H2,(H,36,39)/t22-,23+,24-,26+. The lowest BCUT2D eigenvalue weighted by Gasteiger charge is -2.36. The Morgan fingerprint density at radius 1 is 1.07 bits per heavy atom. The Hall–Kier alpha value is -2.93. The van der Waals surface area contributed by atoms with Crippen LogP contribution >= 0.6 is 11.6 Å². The molecule has 212 valence electrons. The molecule has 1 amide bonds. The molecule has 40 heavy (non-hydrogen) atoms. The van der Waals surface area contributed by atoms with Crippen LogP contribution in [-0.2, 0) is 0 Å². The first-order chi connectivity index (χ1) is 19.5. The fraction of sp³-hybridized carbons (Fsp3) is 0.600. The zero-order valence-electron chi connectivity index (χ0n) is 22.9. The van der Waals surface area contributed by atoms with Crippen LogP contribution in [0.5, 0.6) is 5.75 Å². The second-order valence-corrected chi connectivity index (χ2v) is 12.3. The summed E-state index contributed by atoms with van der Waals surface area (Å²) >= 11 is 6.15. The molecule has 3 heterocycles. The van der Waals surface area contributed by atoms with Gasteiger partial charge in [0.05, 0.1) is 29.1 Å². The fourth-order valence-corrected chi connectivity index (χ4v) is 7.30. The first kappa shape index (κ1) is 27.3. The van der Waals surface area contributed by atoms with Crippen LogP contribution in [0.15, 0.2) is 30.6 Å². The van der Waals surface area contributed by atoms with Crippen LogP contribution in [-0.4, -0.2) is 78.7 Å². The predicted octanol–water partition coefficient (Wildman–Crippen LogP) is 3.49. The average molecular weight is 564 g/mol. The number of rotatable bonds is 7. The molecule has 4 aliphatic rings. The highest BCUT2D eigenvalue weighted by molar-refractivity contribution is 6.31. The smallest absolute Gasteiger partial charge is 0.271 e. The molecular formula is C30H38ClN7O2. The molecule has 0 spiro atoms. The van der Waals surface area contributed by atoms with Crippen molar-refractivity contribution < 1.29 is 9.53 Å². The van der Waals surface area contributed by atoms with Crippen LogP contribution in [0.4, 0.5) is 5.82 Å². The second-order valence-electron chi connectivity index (χ2n) is 11.9. The monoisotopic (exact) mass is 563 g/mol. The first-order valence-electron chi connectivity index (χ1n) is 14.7. The molecule has 6 rings (SSSR count). The first-order valence-corrected chi connectivity index (χ1v) is 15.1. The van der Waals surface area contributed by atoms with E-state index in [1.165, 1.54) is 19.4 Å². The van der Waals surface area contributed by atoms with Gasteiger partial charge in [0.2, 0.25) is 0 Å². The number of ether oxygens (including phenoxy) is 1. The number of nitriles is 1. The molecule has 0 bridgehead atoms. The normalized spacial score (nSPS) is 27.2. The maximum atomic E-state index is 12.9. The number of hydrogen-bond acceptors (Lipinski definition) is 8. The third-order valence-electron chi connectivity index (χ3n) is 9.21. The average Bonchev–Trinajstić information content (AvgIpc) is 3.52. The highest BCUT2D eigenvalue weighted by atomic mass is 35.5. The zero-order chi connectivity index (χ0) is 27.5. The molecule has 2 aliphatic heterocycles. The van der Waals surface area contributed by atoms with Gasteiger partial charge in [0.25, 0.3) is 5.91 Å². The number of piperidine rings is 1. The summed E-state index contributed by atoms with van der Waals surface area (Å²) in [5.74, 6) is 3.25. The van der Waals surface area contributed by atoms with Gasteiger partial charge in [-0.1, -0.05) is 11.6 Å². The van der Waals surface area contributed by atoms with Gasteiger partial charge in [-0.15, -0.1) is 0 Å². The van der Waals surface area contributed by atoms with Crippen LogP contribution in [0, 0.1) is 29.1 Å². The Bertz CT molecular complexity index is 1210. The van der Waals surface area contributed by atoms with Crippen LogP contribution in [0.1, 0.15) is 54.6 Å². The molecule has 2 saturated carbocycles. The number of nitrogens with one attached hydrogen (secondary N) is 2. The Balaban J connectivity index is 0.937. The minimum atomic E-state index is -0.140. The molecule has 4 fully saturated rings. The van der Waals surface area contributed by atoms with Crippen molar-refractivity contribution in [1.29, 1.82) is 5.26 Å². The predicted molar refractivity (Wildman–Crippen MR) is 154 cm³/mol. The number of anilines is 1. The van der Waals surface area contributed by atoms with Crippen molar-refractivity contribution >= 4 is 23.3 Å². The largest absolute Gasteiger partial charge is 0.490 e. The second kappa shape index (κ2) is 12.3. The minimum absolute atomic E-state index is 0.140. The summed E-state index contributed by atoms with van der Waals surface area (Å²) in [6.45, 7) is 7.69. The van der Waals surface area contributed by atoms with Gasteiger partial charge in [0.15, 0.2) is 0 Å². The van der Waals surface area contributed by atoms with E-state index in [2.05, 4.69) is 36.5 Å². The van der Waals surface area contributed by atoms with E-state index >= 15 is 0 Å². The minimum Gasteiger partial charge on any atom is -0.490 e. The quantitative estimate of drug-likeness (QED) is 0.527. The Labute approximate surface area is 241 Å². The number of hydrogen-bond donors (Lipinski definition) is 2. The number of halogens is 1. The molecule has 1 aromatic carbocycles. The van der Waals surface area contributed by atoms with Crippen molar-refractivity contribution in [2.45, 2.75) is 50.7 Å². The molecule has 2 N–H and O–H groups in total. The van der Waals surface area contributed by atoms with Gasteiger partial charge in [-0.3, -0.25) is 4.79 Å². The topological polar surface area (TPSA) is 106 Å². The molecule has 0 unspecified atom stereocenters. The van der Waals surface area contributed by atoms with E-state index < -0.39 is 0 Å². The van der Waals surface area contributed by atoms with E-state index in [-0.39, 0.29) is 18.1 Å². The van der Waals surface area contributed by atoms with Gasteiger partial charge in [0, 0.05) is 57.9 Å². The summed E-state index contributed by atoms with van der Waals surface area (Å²) in [5.41, 5.74) is 0.838. The van der Waals surface area contributed by atoms with Crippen LogP contribution in [0.3, 0.4) is 0 Å². The van der Waals surface area contributed by atoms with Crippen LogP contribution in [0.25, 0.3) is 0 Å². The molecule has 2 aromatic rings. The SMILES string of the molecule is N#Cc1ccc(O[C@H]2C[C@H]3C[C@@H](NC(=O)c4cnc(N5CCC(CN6CCNCC6)CC5)cn4)C[C@H]3C2)cc1Cl. The number of fused-ring (bicyclic) bond motifs is 1. The maximum absolute atomic E-state index is 12.9. The number of carbonyl (C=O) groups excluding carboxylic acids is 1. The fourth-order valence-electron chi connectivity index (χ4n) is 7.09. The molecule has 2 aliphatic carbocycles. The number of aromatic nitrogens is 2. The van der Waals surface area contributed by atoms with Crippen molar-refractivity contribution in [3.05, 3.63) is 46.9 Å². The Morgan fingerprint density at radius 3 is 2.48 bits per heavy atom. The number of carbonyl (C=O) groups is 1. The van der Waals surface area contributed by atoms with Gasteiger partial charge in [-0.2, -0.15) is 5.26 Å². The molecule has 2 saturated heterocycles. The summed E-state index contributed by atoms with van der Waals surface area (Å²) in [5, 5.41) is 16.1. The summed E-state index contributed by atoms with van der Waals surface area (Å²) < 4.78 is 6.17. The number of benzene rings is 1. The number of piperazine rings is 1. The summed E-state index contributed by atoms with van der Waals surface area (Å²) in [4.78, 5) is 26.9. The number of amides is 1. The maximum Gasteiger partial charge on any atom is 0.271 e. The molecule has 4 atom stereocenters.